The molecule has 2 unspecified atom stereocenters. The van der Waals surface area contributed by atoms with Crippen LogP contribution in [0.15, 0.2) is 18.2 Å². The van der Waals surface area contributed by atoms with Crippen molar-refractivity contribution < 1.29 is 4.74 Å². The fraction of sp³-hybridized carbons (Fsp3) is 0.500. The van der Waals surface area contributed by atoms with Crippen molar-refractivity contribution in [2.24, 2.45) is 5.92 Å². The summed E-state index contributed by atoms with van der Waals surface area (Å²) in [5.41, 5.74) is 1.13. The minimum absolute atomic E-state index is 0.111. The molecular weight excluding hydrogens is 266 g/mol. The lowest BCUT2D eigenvalue weighted by Gasteiger charge is -2.15. The lowest BCUT2D eigenvalue weighted by Crippen LogP contribution is -2.17. The second kappa shape index (κ2) is 5.59. The molecule has 2 rings (SSSR count). The zero-order valence-corrected chi connectivity index (χ0v) is 11.0. The van der Waals surface area contributed by atoms with Crippen LogP contribution in [0.25, 0.3) is 0 Å². The molecule has 1 nitrogen and oxygen atoms in total. The first-order valence-electron chi connectivity index (χ1n) is 5.32. The van der Waals surface area contributed by atoms with E-state index in [0.29, 0.717) is 16.0 Å². The van der Waals surface area contributed by atoms with Gasteiger partial charge in [-0.15, -0.1) is 11.6 Å². The maximum Gasteiger partial charge on any atom is 0.0595 e. The van der Waals surface area contributed by atoms with Crippen LogP contribution < -0.4 is 0 Å². The summed E-state index contributed by atoms with van der Waals surface area (Å²) in [6.45, 7) is 1.60. The van der Waals surface area contributed by atoms with Crippen LogP contribution in [0, 0.1) is 5.92 Å². The van der Waals surface area contributed by atoms with Gasteiger partial charge in [-0.2, -0.15) is 0 Å². The molecule has 1 aliphatic heterocycles. The highest BCUT2D eigenvalue weighted by atomic mass is 35.5. The first-order chi connectivity index (χ1) is 7.66. The molecule has 16 heavy (non-hydrogen) atoms. The summed E-state index contributed by atoms with van der Waals surface area (Å²) in [6, 6.07) is 5.67. The van der Waals surface area contributed by atoms with Gasteiger partial charge >= 0.3 is 0 Å². The third-order valence-corrected chi connectivity index (χ3v) is 4.14. The van der Waals surface area contributed by atoms with Crippen LogP contribution in [-0.4, -0.2) is 18.6 Å². The van der Waals surface area contributed by atoms with Gasteiger partial charge in [-0.3, -0.25) is 0 Å². The average Bonchev–Trinajstić information content (AvgIpc) is 2.77. The van der Waals surface area contributed by atoms with E-state index in [1.807, 2.05) is 18.2 Å². The Morgan fingerprint density at radius 3 is 2.75 bits per heavy atom. The van der Waals surface area contributed by atoms with Gasteiger partial charge in [0.1, 0.15) is 0 Å². The van der Waals surface area contributed by atoms with Gasteiger partial charge in [0.2, 0.25) is 0 Å². The fourth-order valence-electron chi connectivity index (χ4n) is 1.90. The smallest absolute Gasteiger partial charge is 0.0595 e. The number of rotatable bonds is 3. The highest BCUT2D eigenvalue weighted by molar-refractivity contribution is 6.42. The predicted octanol–water partition coefficient (Wildman–Crippen LogP) is 4.18. The van der Waals surface area contributed by atoms with Gasteiger partial charge in [0, 0.05) is 17.9 Å². The van der Waals surface area contributed by atoms with Crippen LogP contribution in [0.1, 0.15) is 12.0 Å². The Bertz CT molecular complexity index is 361. The van der Waals surface area contributed by atoms with Crippen molar-refractivity contribution in [2.45, 2.75) is 18.2 Å². The fourth-order valence-corrected chi connectivity index (χ4v) is 2.59. The van der Waals surface area contributed by atoms with E-state index in [1.54, 1.807) is 0 Å². The zero-order chi connectivity index (χ0) is 11.5. The normalized spacial score (nSPS) is 22.3. The molecule has 0 amide bonds. The maximum atomic E-state index is 6.36. The monoisotopic (exact) mass is 278 g/mol. The van der Waals surface area contributed by atoms with E-state index < -0.39 is 0 Å². The first kappa shape index (κ1) is 12.5. The average molecular weight is 280 g/mol. The molecule has 0 spiro atoms. The Labute approximate surface area is 111 Å². The number of benzene rings is 1. The molecule has 1 aromatic rings. The van der Waals surface area contributed by atoms with Gasteiger partial charge in [0.15, 0.2) is 0 Å². The number of halogens is 3. The molecule has 1 heterocycles. The van der Waals surface area contributed by atoms with Crippen LogP contribution in [0.5, 0.6) is 0 Å². The Hall–Kier alpha value is 0.0500. The Morgan fingerprint density at radius 1 is 1.31 bits per heavy atom. The lowest BCUT2D eigenvalue weighted by molar-refractivity contribution is 0.185. The zero-order valence-electron chi connectivity index (χ0n) is 8.76. The summed E-state index contributed by atoms with van der Waals surface area (Å²) in [5.74, 6) is 0.455. The molecule has 0 radical (unpaired) electrons. The molecule has 4 heteroatoms. The molecule has 1 aromatic carbocycles. The topological polar surface area (TPSA) is 9.23 Å². The summed E-state index contributed by atoms with van der Waals surface area (Å²) in [4.78, 5) is 0. The molecule has 0 bridgehead atoms. The highest BCUT2D eigenvalue weighted by Crippen LogP contribution is 2.27. The SMILES string of the molecule is Clc1ccc(CC(Cl)C2CCOC2)cc1Cl. The second-order valence-electron chi connectivity index (χ2n) is 4.09. The van der Waals surface area contributed by atoms with Gasteiger partial charge in [0.25, 0.3) is 0 Å². The maximum absolute atomic E-state index is 6.36. The molecule has 0 aliphatic carbocycles. The van der Waals surface area contributed by atoms with Gasteiger partial charge < -0.3 is 4.74 Å². The highest BCUT2D eigenvalue weighted by Gasteiger charge is 2.24. The van der Waals surface area contributed by atoms with Crippen molar-refractivity contribution in [3.63, 3.8) is 0 Å². The summed E-state index contributed by atoms with van der Waals surface area (Å²) in [7, 11) is 0. The number of hydrogen-bond donors (Lipinski definition) is 0. The van der Waals surface area contributed by atoms with Crippen LogP contribution >= 0.6 is 34.8 Å². The van der Waals surface area contributed by atoms with Crippen molar-refractivity contribution in [1.29, 1.82) is 0 Å². The Morgan fingerprint density at radius 2 is 2.12 bits per heavy atom. The molecule has 1 saturated heterocycles. The minimum Gasteiger partial charge on any atom is -0.381 e. The van der Waals surface area contributed by atoms with Crippen LogP contribution in [0.3, 0.4) is 0 Å². The van der Waals surface area contributed by atoms with Crippen molar-refractivity contribution in [2.75, 3.05) is 13.2 Å². The van der Waals surface area contributed by atoms with Gasteiger partial charge in [-0.1, -0.05) is 29.3 Å². The standard InChI is InChI=1S/C12H13Cl3O/c13-10-2-1-8(6-12(10)15)5-11(14)9-3-4-16-7-9/h1-2,6,9,11H,3-5,7H2. The van der Waals surface area contributed by atoms with E-state index in [-0.39, 0.29) is 5.38 Å². The summed E-state index contributed by atoms with van der Waals surface area (Å²) in [6.07, 6.45) is 1.86. The Kier molecular flexibility index (Phi) is 4.37. The van der Waals surface area contributed by atoms with E-state index in [9.17, 15) is 0 Å². The van der Waals surface area contributed by atoms with Gasteiger partial charge in [-0.25, -0.2) is 0 Å². The van der Waals surface area contributed by atoms with E-state index >= 15 is 0 Å². The molecule has 0 N–H and O–H groups in total. The van der Waals surface area contributed by atoms with Crippen LogP contribution in [0.2, 0.25) is 10.0 Å². The second-order valence-corrected chi connectivity index (χ2v) is 5.47. The quantitative estimate of drug-likeness (QED) is 0.754. The molecule has 1 fully saturated rings. The minimum atomic E-state index is 0.111. The molecular formula is C12H13Cl3O. The lowest BCUT2D eigenvalue weighted by atomic mass is 9.98. The number of alkyl halides is 1. The molecule has 2 atom stereocenters. The van der Waals surface area contributed by atoms with Crippen LogP contribution in [-0.2, 0) is 11.2 Å². The molecule has 1 aliphatic rings. The van der Waals surface area contributed by atoms with Crippen molar-refractivity contribution >= 4 is 34.8 Å². The van der Waals surface area contributed by atoms with Crippen molar-refractivity contribution in [3.05, 3.63) is 33.8 Å². The van der Waals surface area contributed by atoms with E-state index in [4.69, 9.17) is 39.5 Å². The summed E-state index contributed by atoms with van der Waals surface area (Å²) >= 11 is 18.2. The van der Waals surface area contributed by atoms with Crippen LogP contribution in [0.4, 0.5) is 0 Å². The first-order valence-corrected chi connectivity index (χ1v) is 6.52. The third kappa shape index (κ3) is 3.04. The molecule has 0 saturated carbocycles. The van der Waals surface area contributed by atoms with E-state index in [0.717, 1.165) is 31.6 Å². The number of hydrogen-bond acceptors (Lipinski definition) is 1. The van der Waals surface area contributed by atoms with Crippen molar-refractivity contribution in [1.82, 2.24) is 0 Å². The van der Waals surface area contributed by atoms with Gasteiger partial charge in [-0.05, 0) is 30.5 Å². The summed E-state index contributed by atoms with van der Waals surface area (Å²) in [5, 5.41) is 1.28. The number of ether oxygens (including phenoxy) is 1. The third-order valence-electron chi connectivity index (χ3n) is 2.89. The van der Waals surface area contributed by atoms with E-state index in [1.165, 1.54) is 0 Å². The van der Waals surface area contributed by atoms with Gasteiger partial charge in [0.05, 0.1) is 16.7 Å². The summed E-state index contributed by atoms with van der Waals surface area (Å²) < 4.78 is 5.33. The molecule has 0 aromatic heterocycles. The van der Waals surface area contributed by atoms with E-state index in [2.05, 4.69) is 0 Å². The van der Waals surface area contributed by atoms with Crippen molar-refractivity contribution in [3.8, 4) is 0 Å². The Balaban J connectivity index is 1.99. The molecule has 88 valence electrons. The predicted molar refractivity (Wildman–Crippen MR) is 68.7 cm³/mol. The largest absolute Gasteiger partial charge is 0.381 e.